The zero-order valence-electron chi connectivity index (χ0n) is 15.2. The Morgan fingerprint density at radius 1 is 1.22 bits per heavy atom. The first kappa shape index (κ1) is 17.0. The summed E-state index contributed by atoms with van der Waals surface area (Å²) < 4.78 is 2.46. The van der Waals surface area contributed by atoms with Crippen molar-refractivity contribution in [3.8, 4) is 0 Å². The van der Waals surface area contributed by atoms with Crippen molar-refractivity contribution in [2.24, 2.45) is 5.92 Å². The quantitative estimate of drug-likeness (QED) is 0.801. The lowest BCUT2D eigenvalue weighted by molar-refractivity contribution is 0.230. The topological polar surface area (TPSA) is 24.3 Å². The number of aromatic nitrogens is 2. The highest BCUT2D eigenvalue weighted by molar-refractivity contribution is 5.01. The molecule has 130 valence electrons. The van der Waals surface area contributed by atoms with E-state index in [1.54, 1.807) is 0 Å². The maximum absolute atomic E-state index is 4.45. The van der Waals surface area contributed by atoms with Crippen molar-refractivity contribution < 1.29 is 0 Å². The van der Waals surface area contributed by atoms with E-state index >= 15 is 0 Å². The Kier molecular flexibility index (Phi) is 5.76. The lowest BCUT2D eigenvalue weighted by Gasteiger charge is -2.27. The predicted octanol–water partition coefficient (Wildman–Crippen LogP) is 3.55. The predicted molar refractivity (Wildman–Crippen MR) is 95.5 cm³/mol. The zero-order chi connectivity index (χ0) is 16.2. The van der Waals surface area contributed by atoms with Gasteiger partial charge in [-0.2, -0.15) is 0 Å². The second kappa shape index (κ2) is 7.80. The Morgan fingerprint density at radius 3 is 2.70 bits per heavy atom. The van der Waals surface area contributed by atoms with Crippen LogP contribution >= 0.6 is 0 Å². The average Bonchev–Trinajstić information content (AvgIpc) is 3.17. The first-order valence-corrected chi connectivity index (χ1v) is 9.56. The molecule has 1 saturated heterocycles. The average molecular weight is 319 g/mol. The van der Waals surface area contributed by atoms with E-state index in [4.69, 9.17) is 0 Å². The first-order valence-electron chi connectivity index (χ1n) is 9.56. The van der Waals surface area contributed by atoms with Gasteiger partial charge in [-0.3, -0.25) is 0 Å². The van der Waals surface area contributed by atoms with Crippen LogP contribution in [0.1, 0.15) is 64.1 Å². The summed E-state index contributed by atoms with van der Waals surface area (Å²) in [6.07, 6.45) is 12.3. The third-order valence-electron chi connectivity index (χ3n) is 5.76. The SMILES string of the molecule is CC(C)N1CCC(CN(C)Cc2cncn2C2CCCCC2)C1. The van der Waals surface area contributed by atoms with Gasteiger partial charge in [-0.25, -0.2) is 4.98 Å². The Morgan fingerprint density at radius 2 is 2.00 bits per heavy atom. The van der Waals surface area contributed by atoms with Crippen molar-refractivity contribution in [2.45, 2.75) is 71.0 Å². The van der Waals surface area contributed by atoms with E-state index in [1.807, 2.05) is 0 Å². The lowest BCUT2D eigenvalue weighted by atomic mass is 9.95. The molecular formula is C19H34N4. The first-order chi connectivity index (χ1) is 11.1. The molecule has 1 aliphatic heterocycles. The molecule has 0 aromatic carbocycles. The number of rotatable bonds is 6. The minimum atomic E-state index is 0.692. The van der Waals surface area contributed by atoms with Crippen LogP contribution in [0, 0.1) is 5.92 Å². The van der Waals surface area contributed by atoms with Crippen LogP contribution in [0.5, 0.6) is 0 Å². The summed E-state index contributed by atoms with van der Waals surface area (Å²) >= 11 is 0. The molecule has 23 heavy (non-hydrogen) atoms. The van der Waals surface area contributed by atoms with Crippen molar-refractivity contribution in [1.82, 2.24) is 19.4 Å². The summed E-state index contributed by atoms with van der Waals surface area (Å²) in [5, 5.41) is 0. The summed E-state index contributed by atoms with van der Waals surface area (Å²) in [5.41, 5.74) is 1.40. The molecule has 2 aliphatic rings. The number of nitrogens with zero attached hydrogens (tertiary/aromatic N) is 4. The van der Waals surface area contributed by atoms with Crippen LogP contribution in [0.4, 0.5) is 0 Å². The number of hydrogen-bond acceptors (Lipinski definition) is 3. The van der Waals surface area contributed by atoms with E-state index in [-0.39, 0.29) is 0 Å². The molecule has 3 rings (SSSR count). The van der Waals surface area contributed by atoms with Crippen LogP contribution in [0.25, 0.3) is 0 Å². The maximum Gasteiger partial charge on any atom is 0.0951 e. The van der Waals surface area contributed by atoms with Crippen molar-refractivity contribution in [2.75, 3.05) is 26.7 Å². The largest absolute Gasteiger partial charge is 0.330 e. The van der Waals surface area contributed by atoms with Gasteiger partial charge in [-0.15, -0.1) is 0 Å². The fourth-order valence-electron chi connectivity index (χ4n) is 4.41. The molecule has 4 nitrogen and oxygen atoms in total. The van der Waals surface area contributed by atoms with Gasteiger partial charge in [-0.1, -0.05) is 19.3 Å². The maximum atomic E-state index is 4.45. The summed E-state index contributed by atoms with van der Waals surface area (Å²) in [7, 11) is 2.27. The fraction of sp³-hybridized carbons (Fsp3) is 0.842. The number of likely N-dealkylation sites (tertiary alicyclic amines) is 1. The van der Waals surface area contributed by atoms with Crippen LogP contribution in [-0.2, 0) is 6.54 Å². The van der Waals surface area contributed by atoms with Gasteiger partial charge in [0.05, 0.1) is 12.0 Å². The summed E-state index contributed by atoms with van der Waals surface area (Å²) in [5.74, 6) is 0.827. The normalized spacial score (nSPS) is 24.1. The van der Waals surface area contributed by atoms with Gasteiger partial charge in [0.2, 0.25) is 0 Å². The smallest absolute Gasteiger partial charge is 0.0951 e. The number of hydrogen-bond donors (Lipinski definition) is 0. The zero-order valence-corrected chi connectivity index (χ0v) is 15.2. The monoisotopic (exact) mass is 318 g/mol. The molecule has 0 amide bonds. The molecule has 2 fully saturated rings. The van der Waals surface area contributed by atoms with Crippen molar-refractivity contribution in [1.29, 1.82) is 0 Å². The van der Waals surface area contributed by atoms with Gasteiger partial charge in [0, 0.05) is 37.9 Å². The summed E-state index contributed by atoms with van der Waals surface area (Å²) in [6.45, 7) is 9.41. The fourth-order valence-corrected chi connectivity index (χ4v) is 4.41. The molecule has 1 aromatic rings. The van der Waals surface area contributed by atoms with Gasteiger partial charge >= 0.3 is 0 Å². The van der Waals surface area contributed by atoms with Gasteiger partial charge in [0.25, 0.3) is 0 Å². The Balaban J connectivity index is 1.52. The lowest BCUT2D eigenvalue weighted by Crippen LogP contribution is -2.31. The molecule has 2 heterocycles. The third-order valence-corrected chi connectivity index (χ3v) is 5.76. The Hall–Kier alpha value is -0.870. The highest BCUT2D eigenvalue weighted by Gasteiger charge is 2.25. The molecule has 1 aliphatic carbocycles. The highest BCUT2D eigenvalue weighted by atomic mass is 15.2. The van der Waals surface area contributed by atoms with E-state index in [0.29, 0.717) is 12.1 Å². The van der Waals surface area contributed by atoms with Crippen molar-refractivity contribution in [3.63, 3.8) is 0 Å². The van der Waals surface area contributed by atoms with E-state index in [2.05, 4.69) is 52.8 Å². The van der Waals surface area contributed by atoms with Gasteiger partial charge < -0.3 is 14.4 Å². The van der Waals surface area contributed by atoms with Crippen LogP contribution in [0.3, 0.4) is 0 Å². The molecule has 0 bridgehead atoms. The van der Waals surface area contributed by atoms with Crippen molar-refractivity contribution >= 4 is 0 Å². The van der Waals surface area contributed by atoms with Crippen LogP contribution in [0.2, 0.25) is 0 Å². The second-order valence-electron chi connectivity index (χ2n) is 8.02. The van der Waals surface area contributed by atoms with Crippen LogP contribution in [-0.4, -0.2) is 52.1 Å². The van der Waals surface area contributed by atoms with Crippen molar-refractivity contribution in [3.05, 3.63) is 18.2 Å². The van der Waals surface area contributed by atoms with E-state index < -0.39 is 0 Å². The number of imidazole rings is 1. The molecule has 1 atom stereocenters. The van der Waals surface area contributed by atoms with E-state index in [9.17, 15) is 0 Å². The Labute approximate surface area is 141 Å². The third kappa shape index (κ3) is 4.36. The van der Waals surface area contributed by atoms with Crippen LogP contribution in [0.15, 0.2) is 12.5 Å². The molecule has 4 heteroatoms. The van der Waals surface area contributed by atoms with E-state index in [1.165, 1.54) is 63.9 Å². The molecule has 1 saturated carbocycles. The minimum absolute atomic E-state index is 0.692. The van der Waals surface area contributed by atoms with Gasteiger partial charge in [0.15, 0.2) is 0 Å². The van der Waals surface area contributed by atoms with Gasteiger partial charge in [-0.05, 0) is 52.6 Å². The molecule has 0 spiro atoms. The summed E-state index contributed by atoms with van der Waals surface area (Å²) in [6, 6.07) is 1.38. The Bertz CT molecular complexity index is 475. The molecule has 0 N–H and O–H groups in total. The standard InChI is InChI=1S/C19H34N4/c1-16(2)22-10-9-17(13-22)12-21(3)14-19-11-20-15-23(19)18-7-5-4-6-8-18/h11,15-18H,4-10,12-14H2,1-3H3. The molecule has 0 radical (unpaired) electrons. The molecule has 1 aromatic heterocycles. The minimum Gasteiger partial charge on any atom is -0.330 e. The second-order valence-corrected chi connectivity index (χ2v) is 8.02. The van der Waals surface area contributed by atoms with Gasteiger partial charge in [0.1, 0.15) is 0 Å². The highest BCUT2D eigenvalue weighted by Crippen LogP contribution is 2.29. The van der Waals surface area contributed by atoms with Crippen LogP contribution < -0.4 is 0 Å². The summed E-state index contributed by atoms with van der Waals surface area (Å²) in [4.78, 5) is 9.57. The molecular weight excluding hydrogens is 284 g/mol. The molecule has 1 unspecified atom stereocenters. The van der Waals surface area contributed by atoms with E-state index in [0.717, 1.165) is 12.5 Å².